The van der Waals surface area contributed by atoms with Crippen LogP contribution in [0.15, 0.2) is 18.3 Å². The van der Waals surface area contributed by atoms with Crippen LogP contribution in [0.1, 0.15) is 12.5 Å². The van der Waals surface area contributed by atoms with Crippen LogP contribution < -0.4 is 10.1 Å². The molecule has 0 unspecified atom stereocenters. The zero-order valence-electron chi connectivity index (χ0n) is 9.73. The second kappa shape index (κ2) is 6.47. The van der Waals surface area contributed by atoms with E-state index < -0.39 is 11.9 Å². The summed E-state index contributed by atoms with van der Waals surface area (Å²) < 4.78 is 9.48. The summed E-state index contributed by atoms with van der Waals surface area (Å²) >= 11 is 0. The van der Waals surface area contributed by atoms with E-state index in [4.69, 9.17) is 4.74 Å². The highest BCUT2D eigenvalue weighted by Crippen LogP contribution is 2.07. The molecule has 0 aliphatic rings. The van der Waals surface area contributed by atoms with Crippen LogP contribution in [-0.4, -0.2) is 30.6 Å². The van der Waals surface area contributed by atoms with Gasteiger partial charge in [0.1, 0.15) is 0 Å². The lowest BCUT2D eigenvalue weighted by molar-refractivity contribution is -0.154. The maximum absolute atomic E-state index is 11.2. The predicted octanol–water partition coefficient (Wildman–Crippen LogP) is 0.269. The van der Waals surface area contributed by atoms with Crippen molar-refractivity contribution in [2.75, 3.05) is 13.7 Å². The Labute approximate surface area is 98.9 Å². The molecule has 1 aromatic heterocycles. The van der Waals surface area contributed by atoms with Crippen LogP contribution in [0.2, 0.25) is 0 Å². The Morgan fingerprint density at radius 2 is 2.24 bits per heavy atom. The Bertz CT molecular complexity index is 406. The number of esters is 1. The van der Waals surface area contributed by atoms with Crippen LogP contribution in [0.3, 0.4) is 0 Å². The minimum atomic E-state index is -0.881. The van der Waals surface area contributed by atoms with Crippen LogP contribution in [0.4, 0.5) is 0 Å². The van der Waals surface area contributed by atoms with E-state index in [2.05, 4.69) is 15.0 Å². The van der Waals surface area contributed by atoms with E-state index in [1.165, 1.54) is 7.11 Å². The molecule has 0 aromatic carbocycles. The molecule has 0 fully saturated rings. The minimum absolute atomic E-state index is 0.176. The normalized spacial score (nSPS) is 9.53. The number of aromatic nitrogens is 1. The quantitative estimate of drug-likeness (QED) is 0.601. The highest BCUT2D eigenvalue weighted by Gasteiger charge is 2.13. The Balaban J connectivity index is 2.49. The van der Waals surface area contributed by atoms with Crippen LogP contribution in [-0.2, 0) is 20.9 Å². The molecule has 17 heavy (non-hydrogen) atoms. The minimum Gasteiger partial charge on any atom is -0.481 e. The number of nitrogens with one attached hydrogen (secondary N) is 1. The average molecular weight is 238 g/mol. The second-order valence-electron chi connectivity index (χ2n) is 3.11. The molecule has 1 aromatic rings. The molecule has 92 valence electrons. The number of pyridine rings is 1. The van der Waals surface area contributed by atoms with Crippen LogP contribution >= 0.6 is 0 Å². The monoisotopic (exact) mass is 238 g/mol. The first kappa shape index (κ1) is 13.0. The number of ether oxygens (including phenoxy) is 2. The largest absolute Gasteiger partial charge is 0.481 e. The van der Waals surface area contributed by atoms with Gasteiger partial charge in [-0.25, -0.2) is 9.78 Å². The first-order chi connectivity index (χ1) is 8.17. The number of methoxy groups -OCH3 is 1. The van der Waals surface area contributed by atoms with E-state index in [1.807, 2.05) is 0 Å². The molecule has 0 bridgehead atoms. The van der Waals surface area contributed by atoms with Gasteiger partial charge in [-0.15, -0.1) is 0 Å². The molecule has 0 spiro atoms. The van der Waals surface area contributed by atoms with Gasteiger partial charge in [0.2, 0.25) is 5.88 Å². The fourth-order valence-electron chi connectivity index (χ4n) is 1.12. The van der Waals surface area contributed by atoms with Gasteiger partial charge >= 0.3 is 11.9 Å². The van der Waals surface area contributed by atoms with Crippen molar-refractivity contribution < 1.29 is 19.1 Å². The lowest BCUT2D eigenvalue weighted by Gasteiger charge is -2.05. The number of hydrogen-bond donors (Lipinski definition) is 1. The van der Waals surface area contributed by atoms with E-state index in [0.29, 0.717) is 5.88 Å². The predicted molar refractivity (Wildman–Crippen MR) is 59.3 cm³/mol. The molecule has 1 N–H and O–H groups in total. The van der Waals surface area contributed by atoms with Gasteiger partial charge in [-0.1, -0.05) is 0 Å². The number of nitrogens with zero attached hydrogens (tertiary/aromatic N) is 1. The maximum atomic E-state index is 11.2. The standard InChI is InChI=1S/C11H14N2O4/c1-3-17-11(15)10(14)13-7-8-4-5-12-9(6-8)16-2/h4-6H,3,7H2,1-2H3,(H,13,14). The van der Waals surface area contributed by atoms with Crippen LogP contribution in [0, 0.1) is 0 Å². The van der Waals surface area contributed by atoms with Crippen molar-refractivity contribution in [3.8, 4) is 5.88 Å². The molecule has 0 aliphatic carbocycles. The van der Waals surface area contributed by atoms with Gasteiger partial charge in [-0.05, 0) is 18.6 Å². The highest BCUT2D eigenvalue weighted by atomic mass is 16.5. The van der Waals surface area contributed by atoms with E-state index >= 15 is 0 Å². The Morgan fingerprint density at radius 1 is 1.47 bits per heavy atom. The Morgan fingerprint density at radius 3 is 2.88 bits per heavy atom. The average Bonchev–Trinajstić information content (AvgIpc) is 2.36. The first-order valence-electron chi connectivity index (χ1n) is 5.11. The third-order valence-corrected chi connectivity index (χ3v) is 1.92. The lowest BCUT2D eigenvalue weighted by atomic mass is 10.2. The molecule has 0 atom stereocenters. The van der Waals surface area contributed by atoms with Gasteiger partial charge in [-0.3, -0.25) is 4.79 Å². The summed E-state index contributed by atoms with van der Waals surface area (Å²) in [5.74, 6) is -1.19. The molecule has 0 radical (unpaired) electrons. The Hall–Kier alpha value is -2.11. The van der Waals surface area contributed by atoms with Crippen LogP contribution in [0.25, 0.3) is 0 Å². The highest BCUT2D eigenvalue weighted by molar-refractivity contribution is 6.32. The smallest absolute Gasteiger partial charge is 0.396 e. The van der Waals surface area contributed by atoms with Crippen molar-refractivity contribution in [2.24, 2.45) is 0 Å². The van der Waals surface area contributed by atoms with Crippen molar-refractivity contribution >= 4 is 11.9 Å². The topological polar surface area (TPSA) is 77.5 Å². The van der Waals surface area contributed by atoms with Gasteiger partial charge in [0.25, 0.3) is 0 Å². The molecule has 0 saturated carbocycles. The van der Waals surface area contributed by atoms with Crippen molar-refractivity contribution in [2.45, 2.75) is 13.5 Å². The summed E-state index contributed by atoms with van der Waals surface area (Å²) in [5, 5.41) is 2.44. The maximum Gasteiger partial charge on any atom is 0.396 e. The van der Waals surface area contributed by atoms with E-state index in [9.17, 15) is 9.59 Å². The molecule has 6 nitrogen and oxygen atoms in total. The number of hydrogen-bond acceptors (Lipinski definition) is 5. The zero-order chi connectivity index (χ0) is 12.7. The Kier molecular flexibility index (Phi) is 4.93. The van der Waals surface area contributed by atoms with Crippen molar-refractivity contribution in [3.05, 3.63) is 23.9 Å². The molecular weight excluding hydrogens is 224 g/mol. The summed E-state index contributed by atoms with van der Waals surface area (Å²) in [6.45, 7) is 2.03. The van der Waals surface area contributed by atoms with E-state index in [-0.39, 0.29) is 13.2 Å². The summed E-state index contributed by atoms with van der Waals surface area (Å²) in [6, 6.07) is 3.39. The first-order valence-corrected chi connectivity index (χ1v) is 5.11. The number of rotatable bonds is 4. The van der Waals surface area contributed by atoms with Gasteiger partial charge in [0.15, 0.2) is 0 Å². The van der Waals surface area contributed by atoms with E-state index in [1.54, 1.807) is 25.3 Å². The number of amides is 1. The van der Waals surface area contributed by atoms with Gasteiger partial charge in [0.05, 0.1) is 13.7 Å². The summed E-state index contributed by atoms with van der Waals surface area (Å²) in [5.41, 5.74) is 0.787. The third kappa shape index (κ3) is 4.10. The molecule has 6 heteroatoms. The summed E-state index contributed by atoms with van der Waals surface area (Å²) in [6.07, 6.45) is 1.56. The fraction of sp³-hybridized carbons (Fsp3) is 0.364. The van der Waals surface area contributed by atoms with Gasteiger partial charge in [0, 0.05) is 18.8 Å². The van der Waals surface area contributed by atoms with Gasteiger partial charge < -0.3 is 14.8 Å². The molecule has 1 heterocycles. The number of carbonyl (C=O) groups excluding carboxylic acids is 2. The lowest BCUT2D eigenvalue weighted by Crippen LogP contribution is -2.32. The zero-order valence-corrected chi connectivity index (χ0v) is 9.73. The molecule has 0 saturated heterocycles. The summed E-state index contributed by atoms with van der Waals surface area (Å²) in [4.78, 5) is 26.2. The summed E-state index contributed by atoms with van der Waals surface area (Å²) in [7, 11) is 1.50. The van der Waals surface area contributed by atoms with Crippen molar-refractivity contribution in [3.63, 3.8) is 0 Å². The van der Waals surface area contributed by atoms with Crippen molar-refractivity contribution in [1.82, 2.24) is 10.3 Å². The number of carbonyl (C=O) groups is 2. The van der Waals surface area contributed by atoms with Crippen LogP contribution in [0.5, 0.6) is 5.88 Å². The molecular formula is C11H14N2O4. The molecule has 1 rings (SSSR count). The SMILES string of the molecule is CCOC(=O)C(=O)NCc1ccnc(OC)c1. The van der Waals surface area contributed by atoms with Gasteiger partial charge in [-0.2, -0.15) is 0 Å². The molecule has 0 aliphatic heterocycles. The molecule has 1 amide bonds. The fourth-order valence-corrected chi connectivity index (χ4v) is 1.12. The third-order valence-electron chi connectivity index (χ3n) is 1.92. The van der Waals surface area contributed by atoms with Crippen molar-refractivity contribution in [1.29, 1.82) is 0 Å². The van der Waals surface area contributed by atoms with E-state index in [0.717, 1.165) is 5.56 Å². The second-order valence-corrected chi connectivity index (χ2v) is 3.11.